The quantitative estimate of drug-likeness (QED) is 0.564. The number of nitrogens with zero attached hydrogens (tertiary/aromatic N) is 6. The van der Waals surface area contributed by atoms with Gasteiger partial charge < -0.3 is 14.5 Å². The van der Waals surface area contributed by atoms with E-state index in [1.807, 2.05) is 31.2 Å². The van der Waals surface area contributed by atoms with Crippen molar-refractivity contribution in [1.29, 1.82) is 0 Å². The molecule has 10 heteroatoms. The number of methoxy groups -OCH3 is 1. The molecule has 1 saturated heterocycles. The number of hydrogen-bond acceptors (Lipinski definition) is 6. The van der Waals surface area contributed by atoms with Crippen molar-refractivity contribution in [3.05, 3.63) is 64.8 Å². The highest BCUT2D eigenvalue weighted by Crippen LogP contribution is 2.17. The van der Waals surface area contributed by atoms with Crippen LogP contribution >= 0.6 is 15.9 Å². The molecule has 1 unspecified atom stereocenters. The van der Waals surface area contributed by atoms with Crippen molar-refractivity contribution in [2.24, 2.45) is 0 Å². The second-order valence-electron chi connectivity index (χ2n) is 7.16. The number of halogens is 1. The van der Waals surface area contributed by atoms with Gasteiger partial charge in [-0.3, -0.25) is 9.59 Å². The summed E-state index contributed by atoms with van der Waals surface area (Å²) in [6.45, 7) is 3.10. The molecule has 3 aromatic rings. The first-order chi connectivity index (χ1) is 15.0. The molecule has 0 saturated carbocycles. The SMILES string of the molecule is COc1cccc(C(=O)N2CCN(C(=O)c3ncn(-c4cccc(Br)c4)n3)C(C)C2)n1. The van der Waals surface area contributed by atoms with E-state index in [4.69, 9.17) is 4.74 Å². The minimum absolute atomic E-state index is 0.126. The Balaban J connectivity index is 1.44. The van der Waals surface area contributed by atoms with E-state index in [2.05, 4.69) is 31.0 Å². The molecule has 0 N–H and O–H groups in total. The molecular weight excluding hydrogens is 464 g/mol. The van der Waals surface area contributed by atoms with Gasteiger partial charge in [0.2, 0.25) is 11.7 Å². The summed E-state index contributed by atoms with van der Waals surface area (Å²) in [6.07, 6.45) is 1.52. The van der Waals surface area contributed by atoms with Gasteiger partial charge in [0, 0.05) is 36.2 Å². The summed E-state index contributed by atoms with van der Waals surface area (Å²) in [5.74, 6) is 0.0728. The van der Waals surface area contributed by atoms with Gasteiger partial charge >= 0.3 is 0 Å². The number of amides is 2. The smallest absolute Gasteiger partial charge is 0.293 e. The monoisotopic (exact) mass is 484 g/mol. The molecule has 2 amide bonds. The molecule has 0 bridgehead atoms. The largest absolute Gasteiger partial charge is 0.481 e. The zero-order chi connectivity index (χ0) is 22.0. The first-order valence-corrected chi connectivity index (χ1v) is 10.5. The summed E-state index contributed by atoms with van der Waals surface area (Å²) in [7, 11) is 1.51. The van der Waals surface area contributed by atoms with Crippen molar-refractivity contribution in [3.8, 4) is 11.6 Å². The van der Waals surface area contributed by atoms with Crippen molar-refractivity contribution in [2.45, 2.75) is 13.0 Å². The van der Waals surface area contributed by atoms with Crippen molar-refractivity contribution in [1.82, 2.24) is 29.5 Å². The van der Waals surface area contributed by atoms with Gasteiger partial charge in [0.1, 0.15) is 12.0 Å². The lowest BCUT2D eigenvalue weighted by molar-refractivity contribution is 0.0404. The minimum atomic E-state index is -0.257. The van der Waals surface area contributed by atoms with Crippen LogP contribution in [0.3, 0.4) is 0 Å². The lowest BCUT2D eigenvalue weighted by Crippen LogP contribution is -2.55. The van der Waals surface area contributed by atoms with Crippen LogP contribution in [0, 0.1) is 0 Å². The molecule has 1 aliphatic rings. The predicted octanol–water partition coefficient (Wildman–Crippen LogP) is 2.42. The maximum absolute atomic E-state index is 13.0. The van der Waals surface area contributed by atoms with E-state index in [0.29, 0.717) is 31.2 Å². The fraction of sp³-hybridized carbons (Fsp3) is 0.286. The number of piperazine rings is 1. The summed E-state index contributed by atoms with van der Waals surface area (Å²) in [5, 5.41) is 4.34. The average molecular weight is 485 g/mol. The van der Waals surface area contributed by atoms with E-state index in [1.54, 1.807) is 32.7 Å². The molecule has 1 atom stereocenters. The zero-order valence-electron chi connectivity index (χ0n) is 17.1. The van der Waals surface area contributed by atoms with Gasteiger partial charge in [-0.2, -0.15) is 0 Å². The van der Waals surface area contributed by atoms with Crippen LogP contribution in [0.4, 0.5) is 0 Å². The molecule has 1 aliphatic heterocycles. The number of ether oxygens (including phenoxy) is 1. The van der Waals surface area contributed by atoms with Crippen LogP contribution < -0.4 is 4.74 Å². The van der Waals surface area contributed by atoms with Crippen molar-refractivity contribution < 1.29 is 14.3 Å². The lowest BCUT2D eigenvalue weighted by Gasteiger charge is -2.39. The summed E-state index contributed by atoms with van der Waals surface area (Å²) >= 11 is 3.43. The molecule has 1 aromatic carbocycles. The van der Waals surface area contributed by atoms with Gasteiger partial charge in [0.05, 0.1) is 12.8 Å². The molecule has 3 heterocycles. The molecule has 4 rings (SSSR count). The third kappa shape index (κ3) is 4.43. The van der Waals surface area contributed by atoms with E-state index in [-0.39, 0.29) is 23.7 Å². The number of carbonyl (C=O) groups is 2. The van der Waals surface area contributed by atoms with Crippen LogP contribution in [-0.2, 0) is 0 Å². The fourth-order valence-electron chi connectivity index (χ4n) is 3.49. The predicted molar refractivity (Wildman–Crippen MR) is 116 cm³/mol. The van der Waals surface area contributed by atoms with Gasteiger partial charge in [-0.1, -0.05) is 28.1 Å². The Morgan fingerprint density at radius 1 is 1.13 bits per heavy atom. The van der Waals surface area contributed by atoms with E-state index < -0.39 is 0 Å². The van der Waals surface area contributed by atoms with Gasteiger partial charge in [-0.15, -0.1) is 5.10 Å². The fourth-order valence-corrected chi connectivity index (χ4v) is 3.87. The second kappa shape index (κ2) is 8.84. The zero-order valence-corrected chi connectivity index (χ0v) is 18.7. The van der Waals surface area contributed by atoms with Gasteiger partial charge in [0.25, 0.3) is 11.8 Å². The second-order valence-corrected chi connectivity index (χ2v) is 8.07. The molecular formula is C21H21BrN6O3. The van der Waals surface area contributed by atoms with Crippen molar-refractivity contribution >= 4 is 27.7 Å². The summed E-state index contributed by atoms with van der Waals surface area (Å²) in [6, 6.07) is 12.5. The minimum Gasteiger partial charge on any atom is -0.481 e. The highest BCUT2D eigenvalue weighted by atomic mass is 79.9. The molecule has 31 heavy (non-hydrogen) atoms. The summed E-state index contributed by atoms with van der Waals surface area (Å²) in [4.78, 5) is 37.6. The Morgan fingerprint density at radius 3 is 2.68 bits per heavy atom. The molecule has 9 nitrogen and oxygen atoms in total. The molecule has 0 radical (unpaired) electrons. The topological polar surface area (TPSA) is 93.5 Å². The van der Waals surface area contributed by atoms with E-state index in [0.717, 1.165) is 10.2 Å². The highest BCUT2D eigenvalue weighted by Gasteiger charge is 2.32. The number of pyridine rings is 1. The number of aromatic nitrogens is 4. The van der Waals surface area contributed by atoms with Crippen molar-refractivity contribution in [2.75, 3.05) is 26.7 Å². The van der Waals surface area contributed by atoms with Gasteiger partial charge in [-0.05, 0) is 31.2 Å². The first-order valence-electron chi connectivity index (χ1n) is 9.75. The van der Waals surface area contributed by atoms with Gasteiger partial charge in [0.15, 0.2) is 0 Å². The Kier molecular flexibility index (Phi) is 5.99. The van der Waals surface area contributed by atoms with Crippen molar-refractivity contribution in [3.63, 3.8) is 0 Å². The number of carbonyl (C=O) groups excluding carboxylic acids is 2. The molecule has 0 spiro atoms. The Hall–Kier alpha value is -3.27. The van der Waals surface area contributed by atoms with Crippen LogP contribution in [-0.4, -0.2) is 74.1 Å². The van der Waals surface area contributed by atoms with Crippen LogP contribution in [0.25, 0.3) is 5.69 Å². The lowest BCUT2D eigenvalue weighted by atomic mass is 10.1. The van der Waals surface area contributed by atoms with Crippen LogP contribution in [0.2, 0.25) is 0 Å². The molecule has 160 valence electrons. The normalized spacial score (nSPS) is 16.3. The average Bonchev–Trinajstić information content (AvgIpc) is 3.28. The van der Waals surface area contributed by atoms with E-state index >= 15 is 0 Å². The maximum atomic E-state index is 13.0. The molecule has 0 aliphatic carbocycles. The maximum Gasteiger partial charge on any atom is 0.293 e. The van der Waals surface area contributed by atoms with Gasteiger partial charge in [-0.25, -0.2) is 14.6 Å². The highest BCUT2D eigenvalue weighted by molar-refractivity contribution is 9.10. The Morgan fingerprint density at radius 2 is 1.94 bits per heavy atom. The van der Waals surface area contributed by atoms with Crippen LogP contribution in [0.15, 0.2) is 53.3 Å². The third-order valence-electron chi connectivity index (χ3n) is 5.08. The van der Waals surface area contributed by atoms with Crippen LogP contribution in [0.1, 0.15) is 28.0 Å². The summed E-state index contributed by atoms with van der Waals surface area (Å²) < 4.78 is 7.58. The number of hydrogen-bond donors (Lipinski definition) is 0. The standard InChI is InChI=1S/C21H21BrN6O3/c1-14-12-26(20(29)17-7-4-8-18(24-17)31-2)9-10-27(14)21(30)19-23-13-28(25-19)16-6-3-5-15(22)11-16/h3-8,11,13-14H,9-10,12H2,1-2H3. The Labute approximate surface area is 187 Å². The van der Waals surface area contributed by atoms with E-state index in [9.17, 15) is 9.59 Å². The molecule has 1 fully saturated rings. The number of rotatable bonds is 4. The third-order valence-corrected chi connectivity index (χ3v) is 5.58. The first kappa shape index (κ1) is 21.0. The Bertz CT molecular complexity index is 1120. The number of benzene rings is 1. The van der Waals surface area contributed by atoms with Crippen LogP contribution in [0.5, 0.6) is 5.88 Å². The van der Waals surface area contributed by atoms with E-state index in [1.165, 1.54) is 13.4 Å². The summed E-state index contributed by atoms with van der Waals surface area (Å²) in [5.41, 5.74) is 1.12. The molecule has 2 aromatic heterocycles.